The number of sulfone groups is 1. The summed E-state index contributed by atoms with van der Waals surface area (Å²) in [5, 5.41) is 0. The summed E-state index contributed by atoms with van der Waals surface area (Å²) in [6.07, 6.45) is 0.627. The van der Waals surface area contributed by atoms with Crippen molar-refractivity contribution >= 4 is 27.4 Å². The minimum absolute atomic E-state index is 0.0527. The molecule has 1 saturated heterocycles. The van der Waals surface area contributed by atoms with E-state index in [1.54, 1.807) is 11.8 Å². The van der Waals surface area contributed by atoms with Crippen LogP contribution in [0, 0.1) is 41.5 Å². The Hall–Kier alpha value is -1.53. The van der Waals surface area contributed by atoms with Gasteiger partial charge in [-0.3, -0.25) is 4.79 Å². The normalized spacial score (nSPS) is 18.6. The lowest BCUT2D eigenvalue weighted by Gasteiger charge is -2.16. The maximum atomic E-state index is 13.0. The predicted molar refractivity (Wildman–Crippen MR) is 117 cm³/mol. The molecule has 3 rings (SSSR count). The van der Waals surface area contributed by atoms with Gasteiger partial charge in [-0.15, -0.1) is 11.8 Å². The Morgan fingerprint density at radius 1 is 1.07 bits per heavy atom. The van der Waals surface area contributed by atoms with Crippen molar-refractivity contribution in [3.63, 3.8) is 0 Å². The van der Waals surface area contributed by atoms with Crippen LogP contribution in [-0.2, 0) is 9.84 Å². The molecule has 0 amide bonds. The second kappa shape index (κ2) is 7.71. The van der Waals surface area contributed by atoms with Crippen molar-refractivity contribution in [3.05, 3.63) is 51.3 Å². The largest absolute Gasteiger partial charge is 0.344 e. The molecule has 0 N–H and O–H groups in total. The highest BCUT2D eigenvalue weighted by Crippen LogP contribution is 2.33. The molecule has 0 saturated carbocycles. The highest BCUT2D eigenvalue weighted by atomic mass is 32.2. The summed E-state index contributed by atoms with van der Waals surface area (Å²) < 4.78 is 25.8. The third-order valence-electron chi connectivity index (χ3n) is 6.00. The van der Waals surface area contributed by atoms with Gasteiger partial charge in [0.25, 0.3) is 0 Å². The fraction of sp³-hybridized carbons (Fsp3) is 0.500. The maximum absolute atomic E-state index is 13.0. The number of nitrogens with zero attached hydrogens (tertiary/aromatic N) is 1. The first kappa shape index (κ1) is 21.2. The zero-order valence-electron chi connectivity index (χ0n) is 17.5. The summed E-state index contributed by atoms with van der Waals surface area (Å²) >= 11 is 1.61. The summed E-state index contributed by atoms with van der Waals surface area (Å²) in [4.78, 5) is 14.2. The average Bonchev–Trinajstić information content (AvgIpc) is 3.11. The average molecular weight is 420 g/mol. The molecule has 1 aliphatic heterocycles. The van der Waals surface area contributed by atoms with Crippen LogP contribution in [0.3, 0.4) is 0 Å². The number of ketones is 1. The fourth-order valence-corrected chi connectivity index (χ4v) is 7.10. The molecule has 2 heterocycles. The van der Waals surface area contributed by atoms with Gasteiger partial charge in [0.2, 0.25) is 0 Å². The van der Waals surface area contributed by atoms with Gasteiger partial charge in [-0.05, 0) is 76.3 Å². The summed E-state index contributed by atoms with van der Waals surface area (Å²) in [5.74, 6) is 0.895. The van der Waals surface area contributed by atoms with E-state index in [-0.39, 0.29) is 23.3 Å². The van der Waals surface area contributed by atoms with E-state index >= 15 is 0 Å². The number of benzene rings is 1. The second-order valence-electron chi connectivity index (χ2n) is 8.01. The standard InChI is InChI=1S/C22H29NO3S2/c1-13-9-14(2)17(5)22(16(13)4)27-11-21(24)20-10-15(3)23(18(20)6)19-7-8-28(25,26)12-19/h9-10,19H,7-8,11-12H2,1-6H3. The van der Waals surface area contributed by atoms with Crippen LogP contribution >= 0.6 is 11.8 Å². The summed E-state index contributed by atoms with van der Waals surface area (Å²) in [6, 6.07) is 4.06. The van der Waals surface area contributed by atoms with E-state index in [0.717, 1.165) is 11.4 Å². The highest BCUT2D eigenvalue weighted by Gasteiger charge is 2.31. The predicted octanol–water partition coefficient (Wildman–Crippen LogP) is 4.67. The number of hydrogen-bond acceptors (Lipinski definition) is 4. The number of carbonyl (C=O) groups excluding carboxylic acids is 1. The van der Waals surface area contributed by atoms with E-state index in [1.807, 2.05) is 19.9 Å². The third kappa shape index (κ3) is 3.94. The van der Waals surface area contributed by atoms with Crippen LogP contribution in [0.2, 0.25) is 0 Å². The first-order chi connectivity index (χ1) is 13.0. The van der Waals surface area contributed by atoms with Crippen LogP contribution in [0.4, 0.5) is 0 Å². The van der Waals surface area contributed by atoms with E-state index in [4.69, 9.17) is 0 Å². The topological polar surface area (TPSA) is 56.1 Å². The Kier molecular flexibility index (Phi) is 5.84. The summed E-state index contributed by atoms with van der Waals surface area (Å²) in [6.45, 7) is 12.3. The Morgan fingerprint density at radius 2 is 1.68 bits per heavy atom. The number of aryl methyl sites for hydroxylation is 3. The molecule has 1 atom stereocenters. The molecule has 6 heteroatoms. The van der Waals surface area contributed by atoms with Crippen molar-refractivity contribution in [3.8, 4) is 0 Å². The molecule has 0 aliphatic carbocycles. The first-order valence-electron chi connectivity index (χ1n) is 9.64. The maximum Gasteiger partial charge on any atom is 0.174 e. The molecule has 1 fully saturated rings. The summed E-state index contributed by atoms with van der Waals surface area (Å²) in [7, 11) is -2.96. The molecule has 1 aromatic carbocycles. The van der Waals surface area contributed by atoms with E-state index in [1.165, 1.54) is 27.1 Å². The Morgan fingerprint density at radius 3 is 2.21 bits per heavy atom. The van der Waals surface area contributed by atoms with Gasteiger partial charge in [-0.2, -0.15) is 0 Å². The van der Waals surface area contributed by atoms with E-state index < -0.39 is 9.84 Å². The van der Waals surface area contributed by atoms with Crippen LogP contribution in [0.1, 0.15) is 56.5 Å². The number of rotatable bonds is 5. The van der Waals surface area contributed by atoms with Crippen LogP contribution in [0.15, 0.2) is 17.0 Å². The lowest BCUT2D eigenvalue weighted by atomic mass is 10.0. The number of Topliss-reactive ketones (excluding diaryl/α,β-unsaturated/α-hetero) is 1. The molecular formula is C22H29NO3S2. The van der Waals surface area contributed by atoms with E-state index in [2.05, 4.69) is 38.3 Å². The minimum Gasteiger partial charge on any atom is -0.344 e. The van der Waals surface area contributed by atoms with Crippen molar-refractivity contribution in [2.24, 2.45) is 0 Å². The van der Waals surface area contributed by atoms with Crippen molar-refractivity contribution in [2.75, 3.05) is 17.3 Å². The molecule has 0 bridgehead atoms. The lowest BCUT2D eigenvalue weighted by molar-refractivity contribution is 0.102. The van der Waals surface area contributed by atoms with E-state index in [0.29, 0.717) is 17.7 Å². The quantitative estimate of drug-likeness (QED) is 0.522. The van der Waals surface area contributed by atoms with Crippen molar-refractivity contribution in [1.82, 2.24) is 4.57 Å². The van der Waals surface area contributed by atoms with Crippen LogP contribution in [-0.4, -0.2) is 36.0 Å². The van der Waals surface area contributed by atoms with Crippen molar-refractivity contribution < 1.29 is 13.2 Å². The molecule has 0 radical (unpaired) electrons. The fourth-order valence-electron chi connectivity index (χ4n) is 4.21. The zero-order chi connectivity index (χ0) is 20.8. The van der Waals surface area contributed by atoms with Gasteiger partial charge in [-0.25, -0.2) is 8.42 Å². The molecule has 28 heavy (non-hydrogen) atoms. The molecule has 1 aromatic heterocycles. The Labute approximate surface area is 172 Å². The molecule has 0 spiro atoms. The third-order valence-corrected chi connectivity index (χ3v) is 9.06. The van der Waals surface area contributed by atoms with Gasteiger partial charge in [0, 0.05) is 27.9 Å². The second-order valence-corrected chi connectivity index (χ2v) is 11.2. The summed E-state index contributed by atoms with van der Waals surface area (Å²) in [5.41, 5.74) is 7.54. The molecule has 1 aliphatic rings. The minimum atomic E-state index is -2.96. The molecule has 152 valence electrons. The zero-order valence-corrected chi connectivity index (χ0v) is 19.2. The number of carbonyl (C=O) groups is 1. The van der Waals surface area contributed by atoms with Gasteiger partial charge in [-0.1, -0.05) is 6.07 Å². The van der Waals surface area contributed by atoms with Gasteiger partial charge in [0.1, 0.15) is 0 Å². The Bertz CT molecular complexity index is 1020. The van der Waals surface area contributed by atoms with Gasteiger partial charge >= 0.3 is 0 Å². The number of thioether (sulfide) groups is 1. The SMILES string of the molecule is Cc1cc(C)c(C)c(SCC(=O)c2cc(C)n(C3CCS(=O)(=O)C3)c2C)c1C. The van der Waals surface area contributed by atoms with Crippen LogP contribution < -0.4 is 0 Å². The molecule has 1 unspecified atom stereocenters. The molecular weight excluding hydrogens is 390 g/mol. The monoisotopic (exact) mass is 419 g/mol. The number of hydrogen-bond donors (Lipinski definition) is 0. The van der Waals surface area contributed by atoms with Crippen molar-refractivity contribution in [1.29, 1.82) is 0 Å². The van der Waals surface area contributed by atoms with Crippen LogP contribution in [0.25, 0.3) is 0 Å². The molecule has 4 nitrogen and oxygen atoms in total. The lowest BCUT2D eigenvalue weighted by Crippen LogP contribution is -2.14. The van der Waals surface area contributed by atoms with Crippen LogP contribution in [0.5, 0.6) is 0 Å². The number of aromatic nitrogens is 1. The molecule has 2 aromatic rings. The van der Waals surface area contributed by atoms with E-state index in [9.17, 15) is 13.2 Å². The van der Waals surface area contributed by atoms with Gasteiger partial charge < -0.3 is 4.57 Å². The smallest absolute Gasteiger partial charge is 0.174 e. The van der Waals surface area contributed by atoms with Gasteiger partial charge in [0.05, 0.1) is 17.3 Å². The highest BCUT2D eigenvalue weighted by molar-refractivity contribution is 8.00. The van der Waals surface area contributed by atoms with Gasteiger partial charge in [0.15, 0.2) is 15.6 Å². The Balaban J connectivity index is 1.83. The first-order valence-corrected chi connectivity index (χ1v) is 12.4. The van der Waals surface area contributed by atoms with Crippen molar-refractivity contribution in [2.45, 2.75) is 58.9 Å².